The number of thioether (sulfide) groups is 1. The fourth-order valence-corrected chi connectivity index (χ4v) is 3.89. The molecule has 1 unspecified atom stereocenters. The van der Waals surface area contributed by atoms with E-state index in [9.17, 15) is 4.79 Å². The number of rotatable bonds is 6. The number of carbonyl (C=O) groups excluding carboxylic acids is 1. The van der Waals surface area contributed by atoms with E-state index in [0.29, 0.717) is 22.9 Å². The SMILES string of the molecule is CCC(Sc1nncn2c1cc1occc12)C(=O)Nc1ccccc1OC. The molecule has 0 aliphatic rings. The molecule has 0 aliphatic heterocycles. The molecule has 3 aromatic heterocycles. The van der Waals surface area contributed by atoms with Gasteiger partial charge in [0.1, 0.15) is 17.1 Å². The first kappa shape index (κ1) is 17.4. The van der Waals surface area contributed by atoms with Crippen LogP contribution in [0.15, 0.2) is 58.4 Å². The van der Waals surface area contributed by atoms with Gasteiger partial charge in [0.15, 0.2) is 5.58 Å². The number of methoxy groups -OCH3 is 1. The van der Waals surface area contributed by atoms with Crippen LogP contribution in [0, 0.1) is 0 Å². The zero-order valence-electron chi connectivity index (χ0n) is 14.9. The van der Waals surface area contributed by atoms with Gasteiger partial charge in [-0.25, -0.2) is 0 Å². The highest BCUT2D eigenvalue weighted by Gasteiger charge is 2.22. The maximum absolute atomic E-state index is 12.8. The van der Waals surface area contributed by atoms with Gasteiger partial charge in [-0.3, -0.25) is 9.20 Å². The molecule has 7 nitrogen and oxygen atoms in total. The van der Waals surface area contributed by atoms with Gasteiger partial charge in [0.25, 0.3) is 0 Å². The number of carbonyl (C=O) groups is 1. The van der Waals surface area contributed by atoms with Crippen LogP contribution in [-0.4, -0.2) is 32.9 Å². The van der Waals surface area contributed by atoms with E-state index < -0.39 is 0 Å². The van der Waals surface area contributed by atoms with Crippen molar-refractivity contribution < 1.29 is 13.9 Å². The standard InChI is InChI=1S/C19H18N4O3S/c1-3-17(18(24)21-12-6-4-5-7-15(12)25-2)27-19-14-10-16-13(8-9-26-16)23(14)11-20-22-19/h4-11,17H,3H2,1-2H3,(H,21,24). The number of nitrogens with one attached hydrogen (secondary N) is 1. The number of aromatic nitrogens is 3. The van der Waals surface area contributed by atoms with Gasteiger partial charge >= 0.3 is 0 Å². The van der Waals surface area contributed by atoms with E-state index in [0.717, 1.165) is 16.6 Å². The Bertz CT molecular complexity index is 1100. The summed E-state index contributed by atoms with van der Waals surface area (Å²) in [5.41, 5.74) is 3.20. The molecule has 138 valence electrons. The average Bonchev–Trinajstić information content (AvgIpc) is 3.28. The lowest BCUT2D eigenvalue weighted by atomic mass is 10.2. The minimum Gasteiger partial charge on any atom is -0.495 e. The van der Waals surface area contributed by atoms with Gasteiger partial charge in [0.05, 0.1) is 35.3 Å². The van der Waals surface area contributed by atoms with E-state index in [1.807, 2.05) is 47.7 Å². The largest absolute Gasteiger partial charge is 0.495 e. The van der Waals surface area contributed by atoms with E-state index in [2.05, 4.69) is 15.5 Å². The highest BCUT2D eigenvalue weighted by molar-refractivity contribution is 8.00. The van der Waals surface area contributed by atoms with Gasteiger partial charge in [-0.1, -0.05) is 30.8 Å². The number of anilines is 1. The minimum absolute atomic E-state index is 0.106. The van der Waals surface area contributed by atoms with Gasteiger partial charge in [-0.15, -0.1) is 10.2 Å². The molecule has 0 fully saturated rings. The summed E-state index contributed by atoms with van der Waals surface area (Å²) in [6.07, 6.45) is 3.93. The molecule has 0 aliphatic carbocycles. The molecular weight excluding hydrogens is 364 g/mol. The number of fused-ring (bicyclic) bond motifs is 3. The van der Waals surface area contributed by atoms with Gasteiger partial charge in [-0.05, 0) is 18.6 Å². The summed E-state index contributed by atoms with van der Waals surface area (Å²) in [4.78, 5) is 12.8. The third kappa shape index (κ3) is 3.23. The van der Waals surface area contributed by atoms with Crippen molar-refractivity contribution in [2.24, 2.45) is 0 Å². The van der Waals surface area contributed by atoms with Gasteiger partial charge in [0, 0.05) is 12.1 Å². The molecule has 27 heavy (non-hydrogen) atoms. The van der Waals surface area contributed by atoms with E-state index in [1.165, 1.54) is 11.8 Å². The number of para-hydroxylation sites is 2. The number of furan rings is 1. The highest BCUT2D eigenvalue weighted by atomic mass is 32.2. The van der Waals surface area contributed by atoms with Gasteiger partial charge in [0.2, 0.25) is 5.91 Å². The topological polar surface area (TPSA) is 81.7 Å². The lowest BCUT2D eigenvalue weighted by Gasteiger charge is -2.16. The summed E-state index contributed by atoms with van der Waals surface area (Å²) in [6.45, 7) is 1.97. The van der Waals surface area contributed by atoms with Crippen molar-refractivity contribution in [1.82, 2.24) is 14.6 Å². The molecule has 0 saturated heterocycles. The van der Waals surface area contributed by atoms with Crippen LogP contribution in [0.5, 0.6) is 5.75 Å². The van der Waals surface area contributed by atoms with Crippen molar-refractivity contribution in [3.8, 4) is 5.75 Å². The van der Waals surface area contributed by atoms with Crippen LogP contribution in [-0.2, 0) is 4.79 Å². The molecule has 1 aromatic carbocycles. The van der Waals surface area contributed by atoms with Crippen molar-refractivity contribution in [3.05, 3.63) is 49.0 Å². The summed E-state index contributed by atoms with van der Waals surface area (Å²) in [7, 11) is 1.58. The predicted octanol–water partition coefficient (Wildman–Crippen LogP) is 3.99. The molecular formula is C19H18N4O3S. The normalized spacial score (nSPS) is 12.4. The molecule has 4 rings (SSSR count). The highest BCUT2D eigenvalue weighted by Crippen LogP contribution is 2.32. The van der Waals surface area contributed by atoms with E-state index in [1.54, 1.807) is 19.7 Å². The van der Waals surface area contributed by atoms with Crippen LogP contribution in [0.3, 0.4) is 0 Å². The summed E-state index contributed by atoms with van der Waals surface area (Å²) in [5.74, 6) is 0.519. The van der Waals surface area contributed by atoms with Crippen LogP contribution in [0.25, 0.3) is 16.6 Å². The number of hydrogen-bond donors (Lipinski definition) is 1. The Hall–Kier alpha value is -3.00. The second kappa shape index (κ2) is 7.32. The smallest absolute Gasteiger partial charge is 0.238 e. The molecule has 8 heteroatoms. The molecule has 0 bridgehead atoms. The first-order valence-corrected chi connectivity index (χ1v) is 9.39. The summed E-state index contributed by atoms with van der Waals surface area (Å²) < 4.78 is 12.7. The Morgan fingerprint density at radius 3 is 3.00 bits per heavy atom. The molecule has 1 atom stereocenters. The van der Waals surface area contributed by atoms with Crippen LogP contribution in [0.1, 0.15) is 13.3 Å². The van der Waals surface area contributed by atoms with Crippen LogP contribution in [0.4, 0.5) is 5.69 Å². The number of ether oxygens (including phenoxy) is 1. The molecule has 4 aromatic rings. The number of hydrogen-bond acceptors (Lipinski definition) is 6. The third-order valence-corrected chi connectivity index (χ3v) is 5.62. The van der Waals surface area contributed by atoms with Crippen LogP contribution >= 0.6 is 11.8 Å². The quantitative estimate of drug-likeness (QED) is 0.508. The van der Waals surface area contributed by atoms with Crippen molar-refractivity contribution in [1.29, 1.82) is 0 Å². The van der Waals surface area contributed by atoms with E-state index >= 15 is 0 Å². The van der Waals surface area contributed by atoms with Crippen molar-refractivity contribution >= 4 is 40.0 Å². The fraction of sp³-hybridized carbons (Fsp3) is 0.211. The Morgan fingerprint density at radius 2 is 2.19 bits per heavy atom. The average molecular weight is 382 g/mol. The molecule has 0 radical (unpaired) electrons. The summed E-state index contributed by atoms with van der Waals surface area (Å²) >= 11 is 1.39. The number of benzene rings is 1. The van der Waals surface area contributed by atoms with Crippen LogP contribution in [0.2, 0.25) is 0 Å². The van der Waals surface area contributed by atoms with Gasteiger partial charge in [-0.2, -0.15) is 0 Å². The van der Waals surface area contributed by atoms with Crippen LogP contribution < -0.4 is 10.1 Å². The number of nitrogens with zero attached hydrogens (tertiary/aromatic N) is 3. The Labute approximate surface area is 159 Å². The molecule has 3 heterocycles. The Kier molecular flexibility index (Phi) is 4.72. The second-order valence-electron chi connectivity index (χ2n) is 5.91. The van der Waals surface area contributed by atoms with Crippen molar-refractivity contribution in [2.75, 3.05) is 12.4 Å². The monoisotopic (exact) mass is 382 g/mol. The minimum atomic E-state index is -0.323. The predicted molar refractivity (Wildman–Crippen MR) is 104 cm³/mol. The van der Waals surface area contributed by atoms with Gasteiger partial charge < -0.3 is 14.5 Å². The summed E-state index contributed by atoms with van der Waals surface area (Å²) in [6, 6.07) is 11.1. The molecule has 1 N–H and O–H groups in total. The van der Waals surface area contributed by atoms with Crippen molar-refractivity contribution in [3.63, 3.8) is 0 Å². The third-order valence-electron chi connectivity index (χ3n) is 4.28. The maximum Gasteiger partial charge on any atom is 0.238 e. The molecule has 1 amide bonds. The first-order valence-electron chi connectivity index (χ1n) is 8.51. The fourth-order valence-electron chi connectivity index (χ4n) is 2.92. The zero-order valence-corrected chi connectivity index (χ0v) is 15.7. The number of amides is 1. The Balaban J connectivity index is 1.60. The maximum atomic E-state index is 12.8. The van der Waals surface area contributed by atoms with E-state index in [4.69, 9.17) is 9.15 Å². The lowest BCUT2D eigenvalue weighted by Crippen LogP contribution is -2.25. The summed E-state index contributed by atoms with van der Waals surface area (Å²) in [5, 5.41) is 11.6. The molecule has 0 saturated carbocycles. The Morgan fingerprint density at radius 1 is 1.33 bits per heavy atom. The lowest BCUT2D eigenvalue weighted by molar-refractivity contribution is -0.115. The van der Waals surface area contributed by atoms with Crippen molar-refractivity contribution in [2.45, 2.75) is 23.6 Å². The van der Waals surface area contributed by atoms with E-state index in [-0.39, 0.29) is 11.2 Å². The molecule has 0 spiro atoms. The zero-order chi connectivity index (χ0) is 18.8. The first-order chi connectivity index (χ1) is 13.2. The second-order valence-corrected chi connectivity index (χ2v) is 7.10.